The summed E-state index contributed by atoms with van der Waals surface area (Å²) in [5, 5.41) is 5.69. The number of rotatable bonds is 0. The predicted molar refractivity (Wildman–Crippen MR) is 36.8 cm³/mol. The number of hydrogen-bond donors (Lipinski definition) is 0. The van der Waals surface area contributed by atoms with E-state index in [4.69, 9.17) is 4.52 Å². The topological polar surface area (TPSA) is 26.0 Å². The minimum absolute atomic E-state index is 0.911. The van der Waals surface area contributed by atoms with Gasteiger partial charge in [-0.3, -0.25) is 0 Å². The summed E-state index contributed by atoms with van der Waals surface area (Å²) in [5.74, 6) is 1.91. The van der Waals surface area contributed by atoms with Gasteiger partial charge in [-0.1, -0.05) is 5.16 Å². The van der Waals surface area contributed by atoms with Crippen LogP contribution in [0.3, 0.4) is 0 Å². The van der Waals surface area contributed by atoms with Gasteiger partial charge < -0.3 is 4.52 Å². The molecule has 2 nitrogen and oxygen atoms in total. The van der Waals surface area contributed by atoms with Gasteiger partial charge in [0.15, 0.2) is 5.76 Å². The standard InChI is InChI=1S/C6H5NOS/c1-2-9-4-5-3-7-8-6(1)5/h1-3H,4H2. The third kappa shape index (κ3) is 0.772. The molecule has 0 spiro atoms. The van der Waals surface area contributed by atoms with Gasteiger partial charge in [0.1, 0.15) is 0 Å². The predicted octanol–water partition coefficient (Wildman–Crippen LogP) is 1.89. The van der Waals surface area contributed by atoms with Crippen molar-refractivity contribution in [3.8, 4) is 0 Å². The van der Waals surface area contributed by atoms with Crippen LogP contribution in [0.15, 0.2) is 16.1 Å². The van der Waals surface area contributed by atoms with Crippen LogP contribution in [0.1, 0.15) is 11.3 Å². The maximum absolute atomic E-state index is 4.91. The second-order valence-electron chi connectivity index (χ2n) is 1.83. The number of aromatic nitrogens is 1. The van der Waals surface area contributed by atoms with Crippen molar-refractivity contribution in [2.24, 2.45) is 0 Å². The normalized spacial score (nSPS) is 15.6. The van der Waals surface area contributed by atoms with Gasteiger partial charge >= 0.3 is 0 Å². The lowest BCUT2D eigenvalue weighted by Crippen LogP contribution is -1.81. The SMILES string of the molecule is C1=Cc2oncc2CS1. The molecule has 9 heavy (non-hydrogen) atoms. The zero-order valence-corrected chi connectivity index (χ0v) is 5.52. The van der Waals surface area contributed by atoms with Crippen molar-refractivity contribution >= 4 is 17.8 Å². The van der Waals surface area contributed by atoms with Crippen molar-refractivity contribution < 1.29 is 4.52 Å². The van der Waals surface area contributed by atoms with Gasteiger partial charge in [0, 0.05) is 11.3 Å². The first-order valence-electron chi connectivity index (χ1n) is 2.68. The summed E-state index contributed by atoms with van der Waals surface area (Å²) in [6, 6.07) is 0. The van der Waals surface area contributed by atoms with E-state index in [1.807, 2.05) is 11.5 Å². The molecule has 0 atom stereocenters. The van der Waals surface area contributed by atoms with Crippen LogP contribution in [0, 0.1) is 0 Å². The van der Waals surface area contributed by atoms with Crippen LogP contribution in [-0.2, 0) is 5.75 Å². The molecule has 0 saturated heterocycles. The lowest BCUT2D eigenvalue weighted by molar-refractivity contribution is 0.412. The Kier molecular flexibility index (Phi) is 1.09. The minimum atomic E-state index is 0.911. The van der Waals surface area contributed by atoms with Gasteiger partial charge in [-0.15, -0.1) is 11.8 Å². The Morgan fingerprint density at radius 3 is 3.56 bits per heavy atom. The van der Waals surface area contributed by atoms with Crippen LogP contribution in [0.25, 0.3) is 6.08 Å². The average Bonchev–Trinajstić information content (AvgIpc) is 2.33. The Bertz CT molecular complexity index is 241. The fourth-order valence-corrected chi connectivity index (χ4v) is 1.48. The van der Waals surface area contributed by atoms with E-state index < -0.39 is 0 Å². The second-order valence-corrected chi connectivity index (χ2v) is 2.72. The van der Waals surface area contributed by atoms with Crippen molar-refractivity contribution in [2.45, 2.75) is 5.75 Å². The van der Waals surface area contributed by atoms with E-state index in [0.717, 1.165) is 11.5 Å². The van der Waals surface area contributed by atoms with Gasteiger partial charge in [-0.25, -0.2) is 0 Å². The quantitative estimate of drug-likeness (QED) is 0.549. The van der Waals surface area contributed by atoms with E-state index >= 15 is 0 Å². The van der Waals surface area contributed by atoms with Crippen molar-refractivity contribution in [2.75, 3.05) is 0 Å². The van der Waals surface area contributed by atoms with Gasteiger partial charge in [0.25, 0.3) is 0 Å². The molecule has 0 saturated carbocycles. The first kappa shape index (κ1) is 5.11. The van der Waals surface area contributed by atoms with Gasteiger partial charge in [-0.05, 0) is 11.5 Å². The van der Waals surface area contributed by atoms with Crippen molar-refractivity contribution in [1.82, 2.24) is 5.16 Å². The first-order chi connectivity index (χ1) is 4.47. The molecule has 0 aromatic carbocycles. The number of hydrogen-bond acceptors (Lipinski definition) is 3. The lowest BCUT2D eigenvalue weighted by Gasteiger charge is -1.97. The molecule has 0 unspecified atom stereocenters. The number of fused-ring (bicyclic) bond motifs is 1. The molecule has 1 aromatic heterocycles. The van der Waals surface area contributed by atoms with Crippen LogP contribution in [0.5, 0.6) is 0 Å². The van der Waals surface area contributed by atoms with Crippen molar-refractivity contribution in [1.29, 1.82) is 0 Å². The highest BCUT2D eigenvalue weighted by Crippen LogP contribution is 2.24. The highest BCUT2D eigenvalue weighted by Gasteiger charge is 2.06. The van der Waals surface area contributed by atoms with E-state index in [1.165, 1.54) is 5.56 Å². The Labute approximate surface area is 56.9 Å². The van der Waals surface area contributed by atoms with Crippen LogP contribution in [0.4, 0.5) is 0 Å². The highest BCUT2D eigenvalue weighted by molar-refractivity contribution is 8.01. The molecule has 3 heteroatoms. The average molecular weight is 139 g/mol. The molecule has 1 aromatic rings. The maximum atomic E-state index is 4.91. The summed E-state index contributed by atoms with van der Waals surface area (Å²) in [6.07, 6.45) is 3.71. The number of thioether (sulfide) groups is 1. The Balaban J connectivity index is 2.53. The monoisotopic (exact) mass is 139 g/mol. The fraction of sp³-hybridized carbons (Fsp3) is 0.167. The summed E-state index contributed by atoms with van der Waals surface area (Å²) in [6.45, 7) is 0. The molecule has 1 aliphatic heterocycles. The summed E-state index contributed by atoms with van der Waals surface area (Å²) in [7, 11) is 0. The van der Waals surface area contributed by atoms with E-state index in [1.54, 1.807) is 18.0 Å². The largest absolute Gasteiger partial charge is 0.357 e. The molecule has 0 bridgehead atoms. The fourth-order valence-electron chi connectivity index (χ4n) is 0.763. The van der Waals surface area contributed by atoms with Gasteiger partial charge in [0.05, 0.1) is 6.20 Å². The molecule has 0 radical (unpaired) electrons. The first-order valence-corrected chi connectivity index (χ1v) is 3.73. The van der Waals surface area contributed by atoms with Crippen LogP contribution >= 0.6 is 11.8 Å². The minimum Gasteiger partial charge on any atom is -0.357 e. The van der Waals surface area contributed by atoms with Gasteiger partial charge in [-0.2, -0.15) is 0 Å². The van der Waals surface area contributed by atoms with Crippen LogP contribution < -0.4 is 0 Å². The van der Waals surface area contributed by atoms with E-state index in [0.29, 0.717) is 0 Å². The Morgan fingerprint density at radius 2 is 2.67 bits per heavy atom. The zero-order valence-electron chi connectivity index (χ0n) is 4.70. The molecule has 0 amide bonds. The Hall–Kier alpha value is -0.700. The number of nitrogens with zero attached hydrogens (tertiary/aromatic N) is 1. The highest BCUT2D eigenvalue weighted by atomic mass is 32.2. The van der Waals surface area contributed by atoms with Gasteiger partial charge in [0.2, 0.25) is 0 Å². The van der Waals surface area contributed by atoms with Crippen LogP contribution in [-0.4, -0.2) is 5.16 Å². The third-order valence-corrected chi connectivity index (χ3v) is 2.04. The maximum Gasteiger partial charge on any atom is 0.164 e. The molecular weight excluding hydrogens is 134 g/mol. The second kappa shape index (κ2) is 1.92. The molecule has 0 aliphatic carbocycles. The smallest absolute Gasteiger partial charge is 0.164 e. The van der Waals surface area contributed by atoms with E-state index in [2.05, 4.69) is 5.16 Å². The molecule has 2 rings (SSSR count). The molecule has 2 heterocycles. The summed E-state index contributed by atoms with van der Waals surface area (Å²) in [5.41, 5.74) is 1.20. The van der Waals surface area contributed by atoms with E-state index in [9.17, 15) is 0 Å². The molecule has 0 fully saturated rings. The molecular formula is C6H5NOS. The molecule has 1 aliphatic rings. The molecule has 46 valence electrons. The van der Waals surface area contributed by atoms with Crippen LogP contribution in [0.2, 0.25) is 0 Å². The molecule has 0 N–H and O–H groups in total. The summed E-state index contributed by atoms with van der Waals surface area (Å²) in [4.78, 5) is 0. The lowest BCUT2D eigenvalue weighted by atomic mass is 10.3. The summed E-state index contributed by atoms with van der Waals surface area (Å²) < 4.78 is 4.91. The Morgan fingerprint density at radius 1 is 1.67 bits per heavy atom. The van der Waals surface area contributed by atoms with Crippen molar-refractivity contribution in [3.63, 3.8) is 0 Å². The van der Waals surface area contributed by atoms with E-state index in [-0.39, 0.29) is 0 Å². The third-order valence-electron chi connectivity index (χ3n) is 1.23. The van der Waals surface area contributed by atoms with Crippen molar-refractivity contribution in [3.05, 3.63) is 22.9 Å². The zero-order chi connectivity index (χ0) is 6.10. The summed E-state index contributed by atoms with van der Waals surface area (Å²) >= 11 is 1.76.